The summed E-state index contributed by atoms with van der Waals surface area (Å²) in [5.41, 5.74) is 0.659. The number of nitrogens with one attached hydrogen (secondary N) is 2. The molecule has 1 saturated carbocycles. The van der Waals surface area contributed by atoms with Crippen LogP contribution in [0.4, 0.5) is 4.39 Å². The molecule has 6 heteroatoms. The number of carbonyl (C=O) groups is 2. The van der Waals surface area contributed by atoms with Crippen LogP contribution < -0.4 is 10.6 Å². The van der Waals surface area contributed by atoms with E-state index in [1.165, 1.54) is 19.2 Å². The first-order chi connectivity index (χ1) is 10.1. The van der Waals surface area contributed by atoms with Gasteiger partial charge in [0.25, 0.3) is 0 Å². The van der Waals surface area contributed by atoms with Crippen LogP contribution in [0.5, 0.6) is 0 Å². The molecule has 1 aliphatic rings. The molecule has 0 heterocycles. The first-order valence-corrected chi connectivity index (χ1v) is 6.97. The van der Waals surface area contributed by atoms with Crippen LogP contribution in [0.25, 0.3) is 0 Å². The highest BCUT2D eigenvalue weighted by Crippen LogP contribution is 2.28. The van der Waals surface area contributed by atoms with Crippen molar-refractivity contribution in [3.8, 4) is 0 Å². The molecule has 0 radical (unpaired) electrons. The number of benzene rings is 1. The lowest BCUT2D eigenvalue weighted by Crippen LogP contribution is -2.32. The molecule has 0 spiro atoms. The number of hydrogen-bond acceptors (Lipinski definition) is 4. The molecule has 1 aromatic carbocycles. The fourth-order valence-corrected chi connectivity index (χ4v) is 1.94. The number of rotatable bonds is 7. The summed E-state index contributed by atoms with van der Waals surface area (Å²) in [4.78, 5) is 22.6. The molecule has 0 aromatic heterocycles. The van der Waals surface area contributed by atoms with Crippen molar-refractivity contribution in [2.24, 2.45) is 5.92 Å². The quantitative estimate of drug-likeness (QED) is 0.586. The Morgan fingerprint density at radius 3 is 2.71 bits per heavy atom. The van der Waals surface area contributed by atoms with Gasteiger partial charge < -0.3 is 15.4 Å². The molecule has 2 N–H and O–H groups in total. The van der Waals surface area contributed by atoms with Gasteiger partial charge in [-0.3, -0.25) is 4.79 Å². The monoisotopic (exact) mass is 294 g/mol. The van der Waals surface area contributed by atoms with Gasteiger partial charge in [0, 0.05) is 25.6 Å². The summed E-state index contributed by atoms with van der Waals surface area (Å²) in [5, 5.41) is 5.95. The number of hydrogen-bond donors (Lipinski definition) is 2. The van der Waals surface area contributed by atoms with Gasteiger partial charge in [-0.2, -0.15) is 0 Å². The molecule has 2 rings (SSSR count). The predicted molar refractivity (Wildman–Crippen MR) is 75.2 cm³/mol. The van der Waals surface area contributed by atoms with E-state index in [0.717, 1.165) is 18.4 Å². The maximum absolute atomic E-state index is 13.7. The minimum Gasteiger partial charge on any atom is -0.465 e. The van der Waals surface area contributed by atoms with Crippen LogP contribution in [0.2, 0.25) is 0 Å². The van der Waals surface area contributed by atoms with Gasteiger partial charge in [0.1, 0.15) is 5.82 Å². The molecule has 5 nitrogen and oxygen atoms in total. The number of amides is 1. The third-order valence-corrected chi connectivity index (χ3v) is 3.32. The van der Waals surface area contributed by atoms with Crippen LogP contribution in [0, 0.1) is 11.7 Å². The average Bonchev–Trinajstić information content (AvgIpc) is 3.30. The Kier molecular flexibility index (Phi) is 5.27. The third kappa shape index (κ3) is 4.53. The van der Waals surface area contributed by atoms with Gasteiger partial charge in [0.2, 0.25) is 5.91 Å². The molecular formula is C15H19FN2O3. The highest BCUT2D eigenvalue weighted by atomic mass is 19.1. The average molecular weight is 294 g/mol. The Morgan fingerprint density at radius 2 is 2.10 bits per heavy atom. The summed E-state index contributed by atoms with van der Waals surface area (Å²) in [6.45, 7) is 1.63. The van der Waals surface area contributed by atoms with Crippen molar-refractivity contribution >= 4 is 11.9 Å². The van der Waals surface area contributed by atoms with Crippen molar-refractivity contribution in [2.75, 3.05) is 20.2 Å². The largest absolute Gasteiger partial charge is 0.465 e. The lowest BCUT2D eigenvalue weighted by atomic mass is 10.1. The first kappa shape index (κ1) is 15.4. The van der Waals surface area contributed by atoms with Crippen LogP contribution in [0.15, 0.2) is 18.2 Å². The highest BCUT2D eigenvalue weighted by Gasteiger charge is 2.28. The van der Waals surface area contributed by atoms with E-state index in [4.69, 9.17) is 0 Å². The molecule has 1 amide bonds. The Balaban J connectivity index is 1.71. The zero-order valence-electron chi connectivity index (χ0n) is 11.9. The molecule has 0 aliphatic heterocycles. The number of halogens is 1. The van der Waals surface area contributed by atoms with E-state index >= 15 is 0 Å². The van der Waals surface area contributed by atoms with Gasteiger partial charge in [0.05, 0.1) is 12.7 Å². The zero-order chi connectivity index (χ0) is 15.2. The van der Waals surface area contributed by atoms with Gasteiger partial charge in [-0.25, -0.2) is 9.18 Å². The minimum absolute atomic E-state index is 0.0713. The van der Waals surface area contributed by atoms with Crippen molar-refractivity contribution in [3.05, 3.63) is 35.1 Å². The molecule has 114 valence electrons. The minimum atomic E-state index is -0.685. The number of esters is 1. The van der Waals surface area contributed by atoms with E-state index in [1.54, 1.807) is 6.07 Å². The Hall–Kier alpha value is -1.95. The zero-order valence-corrected chi connectivity index (χ0v) is 11.9. The van der Waals surface area contributed by atoms with Crippen molar-refractivity contribution in [1.82, 2.24) is 10.6 Å². The highest BCUT2D eigenvalue weighted by molar-refractivity contribution is 5.89. The Morgan fingerprint density at radius 1 is 1.33 bits per heavy atom. The molecule has 0 unspecified atom stereocenters. The second-order valence-electron chi connectivity index (χ2n) is 5.05. The number of carbonyl (C=O) groups excluding carboxylic acids is 2. The van der Waals surface area contributed by atoms with Crippen LogP contribution in [0.1, 0.15) is 28.8 Å². The topological polar surface area (TPSA) is 67.4 Å². The summed E-state index contributed by atoms with van der Waals surface area (Å²) in [5.74, 6) is -0.951. The molecular weight excluding hydrogens is 275 g/mol. The van der Waals surface area contributed by atoms with Crippen molar-refractivity contribution < 1.29 is 18.7 Å². The standard InChI is InChI=1S/C15H19FN2O3/c1-21-15(20)12-5-2-10(8-13(12)16)9-17-6-7-18-14(19)11-3-4-11/h2,5,8,11,17H,3-4,6-7,9H2,1H3,(H,18,19). The molecule has 1 aliphatic carbocycles. The van der Waals surface area contributed by atoms with E-state index in [2.05, 4.69) is 15.4 Å². The lowest BCUT2D eigenvalue weighted by molar-refractivity contribution is -0.122. The van der Waals surface area contributed by atoms with E-state index < -0.39 is 11.8 Å². The summed E-state index contributed by atoms with van der Waals surface area (Å²) in [7, 11) is 1.22. The maximum atomic E-state index is 13.7. The van der Waals surface area contributed by atoms with E-state index in [0.29, 0.717) is 19.6 Å². The predicted octanol–water partition coefficient (Wildman–Crippen LogP) is 1.23. The summed E-state index contributed by atoms with van der Waals surface area (Å²) >= 11 is 0. The van der Waals surface area contributed by atoms with Crippen LogP contribution in [-0.2, 0) is 16.1 Å². The van der Waals surface area contributed by atoms with E-state index in [-0.39, 0.29) is 17.4 Å². The first-order valence-electron chi connectivity index (χ1n) is 6.97. The lowest BCUT2D eigenvalue weighted by Gasteiger charge is -2.08. The van der Waals surface area contributed by atoms with Gasteiger partial charge in [-0.1, -0.05) is 6.07 Å². The van der Waals surface area contributed by atoms with Crippen molar-refractivity contribution in [1.29, 1.82) is 0 Å². The summed E-state index contributed by atoms with van der Waals surface area (Å²) in [6, 6.07) is 4.39. The Bertz CT molecular complexity index is 530. The van der Waals surface area contributed by atoms with Crippen molar-refractivity contribution in [2.45, 2.75) is 19.4 Å². The molecule has 1 aromatic rings. The fraction of sp³-hybridized carbons (Fsp3) is 0.467. The van der Waals surface area contributed by atoms with Crippen molar-refractivity contribution in [3.63, 3.8) is 0 Å². The molecule has 0 saturated heterocycles. The van der Waals surface area contributed by atoms with Crippen LogP contribution >= 0.6 is 0 Å². The second kappa shape index (κ2) is 7.17. The van der Waals surface area contributed by atoms with Gasteiger partial charge in [-0.15, -0.1) is 0 Å². The molecule has 0 bridgehead atoms. The van der Waals surface area contributed by atoms with E-state index in [9.17, 15) is 14.0 Å². The molecule has 1 fully saturated rings. The van der Waals surface area contributed by atoms with Crippen LogP contribution in [-0.4, -0.2) is 32.1 Å². The molecule has 0 atom stereocenters. The smallest absolute Gasteiger partial charge is 0.340 e. The van der Waals surface area contributed by atoms with E-state index in [1.807, 2.05) is 0 Å². The van der Waals surface area contributed by atoms with Gasteiger partial charge in [0.15, 0.2) is 0 Å². The Labute approximate surface area is 122 Å². The van der Waals surface area contributed by atoms with Gasteiger partial charge >= 0.3 is 5.97 Å². The summed E-state index contributed by atoms with van der Waals surface area (Å²) in [6.07, 6.45) is 1.98. The molecule has 21 heavy (non-hydrogen) atoms. The van der Waals surface area contributed by atoms with Crippen LogP contribution in [0.3, 0.4) is 0 Å². The SMILES string of the molecule is COC(=O)c1ccc(CNCCNC(=O)C2CC2)cc1F. The maximum Gasteiger partial charge on any atom is 0.340 e. The second-order valence-corrected chi connectivity index (χ2v) is 5.05. The fourth-order valence-electron chi connectivity index (χ4n) is 1.94. The normalized spacial score (nSPS) is 13.8. The third-order valence-electron chi connectivity index (χ3n) is 3.32. The summed E-state index contributed by atoms with van der Waals surface area (Å²) < 4.78 is 18.2. The van der Waals surface area contributed by atoms with Gasteiger partial charge in [-0.05, 0) is 30.5 Å². The number of methoxy groups -OCH3 is 1. The number of ether oxygens (including phenoxy) is 1.